The number of nitrogens with one attached hydrogen (secondary N) is 1. The Bertz CT molecular complexity index is 409. The van der Waals surface area contributed by atoms with Gasteiger partial charge >= 0.3 is 0 Å². The Morgan fingerprint density at radius 2 is 2.06 bits per heavy atom. The fraction of sp³-hybridized carbons (Fsp3) is 0.733. The fourth-order valence-electron chi connectivity index (χ4n) is 3.61. The van der Waals surface area contributed by atoms with E-state index in [0.717, 1.165) is 5.92 Å². The van der Waals surface area contributed by atoms with Gasteiger partial charge in [0, 0.05) is 17.0 Å². The number of thiophene rings is 1. The third-order valence-corrected chi connectivity index (χ3v) is 6.37. The molecule has 1 saturated carbocycles. The van der Waals surface area contributed by atoms with Crippen LogP contribution in [-0.4, -0.2) is 6.04 Å². The molecule has 3 heteroatoms. The molecular formula is C15H22BrNS. The van der Waals surface area contributed by atoms with E-state index >= 15 is 0 Å². The topological polar surface area (TPSA) is 12.0 Å². The van der Waals surface area contributed by atoms with E-state index < -0.39 is 0 Å². The SMILES string of the molecule is C[C@H](NC1CCCc2sc(Br)cc21)C1CCCC1. The van der Waals surface area contributed by atoms with E-state index in [9.17, 15) is 0 Å². The van der Waals surface area contributed by atoms with Crippen molar-refractivity contribution in [3.8, 4) is 0 Å². The summed E-state index contributed by atoms with van der Waals surface area (Å²) in [5.41, 5.74) is 1.57. The fourth-order valence-corrected chi connectivity index (χ4v) is 5.42. The standard InChI is InChI=1S/C15H22BrNS/c1-10(11-5-2-3-6-11)17-13-7-4-8-14-12(13)9-15(16)18-14/h9-11,13,17H,2-8H2,1H3/t10-,13?/m0/s1. The van der Waals surface area contributed by atoms with Crippen molar-refractivity contribution in [3.63, 3.8) is 0 Å². The monoisotopic (exact) mass is 327 g/mol. The highest BCUT2D eigenvalue weighted by atomic mass is 79.9. The van der Waals surface area contributed by atoms with E-state index in [4.69, 9.17) is 0 Å². The van der Waals surface area contributed by atoms with E-state index in [1.807, 2.05) is 11.3 Å². The van der Waals surface area contributed by atoms with Crippen LogP contribution >= 0.6 is 27.3 Å². The van der Waals surface area contributed by atoms with Crippen LogP contribution in [0.2, 0.25) is 0 Å². The van der Waals surface area contributed by atoms with Crippen molar-refractivity contribution in [1.82, 2.24) is 5.32 Å². The summed E-state index contributed by atoms with van der Waals surface area (Å²) < 4.78 is 1.30. The molecule has 0 spiro atoms. The zero-order valence-electron chi connectivity index (χ0n) is 11.0. The summed E-state index contributed by atoms with van der Waals surface area (Å²) in [4.78, 5) is 1.60. The van der Waals surface area contributed by atoms with Gasteiger partial charge in [-0.05, 0) is 72.5 Å². The number of aryl methyl sites for hydroxylation is 1. The quantitative estimate of drug-likeness (QED) is 0.818. The Balaban J connectivity index is 1.69. The molecule has 1 aromatic rings. The summed E-state index contributed by atoms with van der Waals surface area (Å²) >= 11 is 5.57. The van der Waals surface area contributed by atoms with Gasteiger partial charge < -0.3 is 5.32 Å². The van der Waals surface area contributed by atoms with Crippen LogP contribution in [0.3, 0.4) is 0 Å². The zero-order chi connectivity index (χ0) is 12.5. The summed E-state index contributed by atoms with van der Waals surface area (Å²) in [6.45, 7) is 2.39. The summed E-state index contributed by atoms with van der Waals surface area (Å²) in [5, 5.41) is 3.92. The molecule has 18 heavy (non-hydrogen) atoms. The summed E-state index contributed by atoms with van der Waals surface area (Å²) in [5.74, 6) is 0.914. The zero-order valence-corrected chi connectivity index (χ0v) is 13.4. The Hall–Kier alpha value is 0.140. The average molecular weight is 328 g/mol. The van der Waals surface area contributed by atoms with Crippen LogP contribution in [-0.2, 0) is 6.42 Å². The van der Waals surface area contributed by atoms with E-state index in [0.29, 0.717) is 12.1 Å². The first-order chi connectivity index (χ1) is 8.74. The highest BCUT2D eigenvalue weighted by Crippen LogP contribution is 2.39. The molecule has 0 aliphatic heterocycles. The molecule has 1 aromatic heterocycles. The molecule has 0 aromatic carbocycles. The average Bonchev–Trinajstić information content (AvgIpc) is 2.96. The predicted octanol–water partition coefficient (Wildman–Crippen LogP) is 5.06. The van der Waals surface area contributed by atoms with Gasteiger partial charge in [-0.3, -0.25) is 0 Å². The maximum atomic E-state index is 3.92. The molecule has 1 nitrogen and oxygen atoms in total. The highest BCUT2D eigenvalue weighted by Gasteiger charge is 2.27. The first-order valence-electron chi connectivity index (χ1n) is 7.28. The predicted molar refractivity (Wildman–Crippen MR) is 82.3 cm³/mol. The van der Waals surface area contributed by atoms with Crippen LogP contribution in [0.4, 0.5) is 0 Å². The highest BCUT2D eigenvalue weighted by molar-refractivity contribution is 9.11. The lowest BCUT2D eigenvalue weighted by molar-refractivity contribution is 0.325. The minimum atomic E-state index is 0.604. The van der Waals surface area contributed by atoms with Crippen molar-refractivity contribution in [3.05, 3.63) is 20.3 Å². The van der Waals surface area contributed by atoms with Gasteiger partial charge in [0.15, 0.2) is 0 Å². The van der Waals surface area contributed by atoms with Gasteiger partial charge in [0.25, 0.3) is 0 Å². The van der Waals surface area contributed by atoms with Gasteiger partial charge in [0.2, 0.25) is 0 Å². The number of hydrogen-bond acceptors (Lipinski definition) is 2. The van der Waals surface area contributed by atoms with E-state index in [2.05, 4.69) is 34.2 Å². The summed E-state index contributed by atoms with van der Waals surface area (Å²) in [6.07, 6.45) is 9.68. The molecular weight excluding hydrogens is 306 g/mol. The Labute approximate surface area is 122 Å². The summed E-state index contributed by atoms with van der Waals surface area (Å²) in [6, 6.07) is 3.63. The van der Waals surface area contributed by atoms with Crippen molar-refractivity contribution in [2.45, 2.75) is 64.0 Å². The maximum Gasteiger partial charge on any atom is 0.0704 e. The van der Waals surface area contributed by atoms with Crippen LogP contribution in [0.1, 0.15) is 61.9 Å². The Morgan fingerprint density at radius 1 is 1.28 bits per heavy atom. The van der Waals surface area contributed by atoms with E-state index in [1.165, 1.54) is 48.7 Å². The second-order valence-electron chi connectivity index (χ2n) is 5.87. The number of fused-ring (bicyclic) bond motifs is 1. The normalized spacial score (nSPS) is 26.2. The molecule has 1 N–H and O–H groups in total. The van der Waals surface area contributed by atoms with Crippen LogP contribution in [0.25, 0.3) is 0 Å². The molecule has 1 heterocycles. The third kappa shape index (κ3) is 2.68. The van der Waals surface area contributed by atoms with Crippen molar-refractivity contribution < 1.29 is 0 Å². The van der Waals surface area contributed by atoms with Crippen LogP contribution in [0.15, 0.2) is 9.85 Å². The molecule has 0 amide bonds. The van der Waals surface area contributed by atoms with Crippen LogP contribution in [0, 0.1) is 5.92 Å². The van der Waals surface area contributed by atoms with Gasteiger partial charge in [0.05, 0.1) is 3.79 Å². The minimum Gasteiger partial charge on any atom is -0.307 e. The maximum absolute atomic E-state index is 3.92. The lowest BCUT2D eigenvalue weighted by atomic mass is 9.91. The molecule has 0 saturated heterocycles. The van der Waals surface area contributed by atoms with Gasteiger partial charge in [-0.25, -0.2) is 0 Å². The molecule has 1 unspecified atom stereocenters. The van der Waals surface area contributed by atoms with E-state index in [-0.39, 0.29) is 0 Å². The molecule has 0 radical (unpaired) electrons. The van der Waals surface area contributed by atoms with Crippen molar-refractivity contribution in [2.75, 3.05) is 0 Å². The van der Waals surface area contributed by atoms with Crippen molar-refractivity contribution in [2.24, 2.45) is 5.92 Å². The third-order valence-electron chi connectivity index (χ3n) is 4.65. The van der Waals surface area contributed by atoms with Gasteiger partial charge in [-0.2, -0.15) is 0 Å². The first kappa shape index (κ1) is 13.1. The molecule has 100 valence electrons. The molecule has 3 rings (SSSR count). The van der Waals surface area contributed by atoms with E-state index in [1.54, 1.807) is 10.4 Å². The minimum absolute atomic E-state index is 0.604. The molecule has 2 aliphatic rings. The Kier molecular flexibility index (Phi) is 4.12. The lowest BCUT2D eigenvalue weighted by Gasteiger charge is -2.30. The largest absolute Gasteiger partial charge is 0.307 e. The van der Waals surface area contributed by atoms with Gasteiger partial charge in [-0.1, -0.05) is 12.8 Å². The number of halogens is 1. The molecule has 1 fully saturated rings. The second-order valence-corrected chi connectivity index (χ2v) is 8.39. The smallest absolute Gasteiger partial charge is 0.0704 e. The second kappa shape index (κ2) is 5.64. The van der Waals surface area contributed by atoms with Gasteiger partial charge in [0.1, 0.15) is 0 Å². The van der Waals surface area contributed by atoms with Crippen molar-refractivity contribution in [1.29, 1.82) is 0 Å². The van der Waals surface area contributed by atoms with Gasteiger partial charge in [-0.15, -0.1) is 11.3 Å². The first-order valence-corrected chi connectivity index (χ1v) is 8.89. The molecule has 2 atom stereocenters. The van der Waals surface area contributed by atoms with Crippen LogP contribution < -0.4 is 5.32 Å². The van der Waals surface area contributed by atoms with Crippen molar-refractivity contribution >= 4 is 27.3 Å². The molecule has 0 bridgehead atoms. The number of hydrogen-bond donors (Lipinski definition) is 1. The number of rotatable bonds is 3. The summed E-state index contributed by atoms with van der Waals surface area (Å²) in [7, 11) is 0. The molecule has 2 aliphatic carbocycles. The van der Waals surface area contributed by atoms with Crippen LogP contribution in [0.5, 0.6) is 0 Å². The lowest BCUT2D eigenvalue weighted by Crippen LogP contribution is -2.36. The Morgan fingerprint density at radius 3 is 2.83 bits per heavy atom.